The third kappa shape index (κ3) is 5.09. The molecule has 4 heteroatoms. The minimum absolute atomic E-state index is 0. The first-order valence-electron chi connectivity index (χ1n) is 8.79. The van der Waals surface area contributed by atoms with Crippen molar-refractivity contribution in [1.29, 1.82) is 0 Å². The normalized spacial score (nSPS) is 33.9. The summed E-state index contributed by atoms with van der Waals surface area (Å²) in [5.74, 6) is 2.96. The molecule has 1 heterocycles. The van der Waals surface area contributed by atoms with Crippen molar-refractivity contribution in [3.8, 4) is 0 Å². The third-order valence-electron chi connectivity index (χ3n) is 5.75. The molecule has 4 unspecified atom stereocenters. The number of hydrogen-bond donors (Lipinski definition) is 1. The zero-order chi connectivity index (χ0) is 13.8. The molecule has 0 aromatic carbocycles. The van der Waals surface area contributed by atoms with Crippen LogP contribution < -0.4 is 0 Å². The number of rotatable bonds is 7. The maximum atomic E-state index is 10.0. The van der Waals surface area contributed by atoms with Crippen LogP contribution in [0, 0.1) is 17.8 Å². The summed E-state index contributed by atoms with van der Waals surface area (Å²) in [6.45, 7) is 4.49. The quantitative estimate of drug-likeness (QED) is 0.732. The third-order valence-corrected chi connectivity index (χ3v) is 5.75. The Kier molecular flexibility index (Phi) is 7.27. The molecule has 0 amide bonds. The van der Waals surface area contributed by atoms with E-state index in [-0.39, 0.29) is 18.5 Å². The van der Waals surface area contributed by atoms with Gasteiger partial charge in [-0.1, -0.05) is 12.8 Å². The fourth-order valence-electron chi connectivity index (χ4n) is 4.68. The van der Waals surface area contributed by atoms with Crippen LogP contribution in [0.2, 0.25) is 0 Å². The van der Waals surface area contributed by atoms with Crippen molar-refractivity contribution in [2.45, 2.75) is 57.5 Å². The molecule has 1 aliphatic heterocycles. The van der Waals surface area contributed by atoms with Gasteiger partial charge in [-0.05, 0) is 69.4 Å². The van der Waals surface area contributed by atoms with Crippen LogP contribution in [-0.2, 0) is 4.74 Å². The van der Waals surface area contributed by atoms with Gasteiger partial charge < -0.3 is 14.7 Å². The molecule has 2 aliphatic carbocycles. The lowest BCUT2D eigenvalue weighted by atomic mass is 9.87. The van der Waals surface area contributed by atoms with Gasteiger partial charge in [0.15, 0.2) is 0 Å². The van der Waals surface area contributed by atoms with Crippen LogP contribution in [0.15, 0.2) is 0 Å². The lowest BCUT2D eigenvalue weighted by Crippen LogP contribution is -2.38. The molecule has 1 N–H and O–H groups in total. The highest BCUT2D eigenvalue weighted by Gasteiger charge is 2.38. The number of hydrogen-bond acceptors (Lipinski definition) is 3. The largest absolute Gasteiger partial charge is 0.389 e. The van der Waals surface area contributed by atoms with Crippen LogP contribution in [-0.4, -0.2) is 49.0 Å². The summed E-state index contributed by atoms with van der Waals surface area (Å²) in [7, 11) is 0. The fourth-order valence-corrected chi connectivity index (χ4v) is 4.68. The summed E-state index contributed by atoms with van der Waals surface area (Å²) in [5, 5.41) is 10.0. The summed E-state index contributed by atoms with van der Waals surface area (Å²) >= 11 is 0. The zero-order valence-electron chi connectivity index (χ0n) is 13.2. The van der Waals surface area contributed by atoms with E-state index in [2.05, 4.69) is 4.90 Å². The number of aliphatic hydroxyl groups excluding tert-OH is 1. The first-order chi connectivity index (χ1) is 9.81. The lowest BCUT2D eigenvalue weighted by molar-refractivity contribution is 0.00805. The first kappa shape index (κ1) is 17.5. The Bertz CT molecular complexity index is 297. The smallest absolute Gasteiger partial charge is 0.0900 e. The van der Waals surface area contributed by atoms with Crippen LogP contribution >= 0.6 is 12.4 Å². The van der Waals surface area contributed by atoms with E-state index >= 15 is 0 Å². The number of fused-ring (bicyclic) bond motifs is 2. The van der Waals surface area contributed by atoms with E-state index in [0.29, 0.717) is 6.61 Å². The number of ether oxygens (including phenoxy) is 1. The molecule has 0 radical (unpaired) electrons. The minimum Gasteiger partial charge on any atom is -0.389 e. The van der Waals surface area contributed by atoms with Gasteiger partial charge in [-0.2, -0.15) is 0 Å². The second kappa shape index (κ2) is 8.71. The fraction of sp³-hybridized carbons (Fsp3) is 1.00. The highest BCUT2D eigenvalue weighted by Crippen LogP contribution is 2.49. The predicted molar refractivity (Wildman–Crippen MR) is 87.9 cm³/mol. The molecule has 0 aromatic heterocycles. The number of likely N-dealkylation sites (tertiary alicyclic amines) is 1. The number of nitrogens with zero attached hydrogens (tertiary/aromatic N) is 1. The summed E-state index contributed by atoms with van der Waals surface area (Å²) in [4.78, 5) is 2.38. The van der Waals surface area contributed by atoms with Gasteiger partial charge in [0.25, 0.3) is 0 Å². The lowest BCUT2D eigenvalue weighted by Gasteiger charge is -2.28. The standard InChI is InChI=1S/C17H31NO2.ClH/c19-17(12-18-7-2-1-3-8-18)13-20-9-6-16-11-14-4-5-15(16)10-14;/h14-17,19H,1-13H2;1H. The van der Waals surface area contributed by atoms with Crippen molar-refractivity contribution in [3.63, 3.8) is 0 Å². The molecular formula is C17H32ClNO2. The van der Waals surface area contributed by atoms with Crippen molar-refractivity contribution in [2.75, 3.05) is 32.8 Å². The number of piperidine rings is 1. The summed E-state index contributed by atoms with van der Waals surface area (Å²) in [6, 6.07) is 0. The average Bonchev–Trinajstić information content (AvgIpc) is 3.07. The van der Waals surface area contributed by atoms with Gasteiger partial charge in [-0.15, -0.1) is 12.4 Å². The van der Waals surface area contributed by atoms with Crippen molar-refractivity contribution < 1.29 is 9.84 Å². The van der Waals surface area contributed by atoms with Crippen molar-refractivity contribution in [1.82, 2.24) is 4.90 Å². The van der Waals surface area contributed by atoms with Gasteiger partial charge in [-0.3, -0.25) is 0 Å². The van der Waals surface area contributed by atoms with Crippen LogP contribution in [0.3, 0.4) is 0 Å². The van der Waals surface area contributed by atoms with Gasteiger partial charge in [-0.25, -0.2) is 0 Å². The van der Waals surface area contributed by atoms with Gasteiger partial charge in [0.1, 0.15) is 0 Å². The predicted octanol–water partition coefficient (Wildman–Crippen LogP) is 3.10. The van der Waals surface area contributed by atoms with E-state index in [1.807, 2.05) is 0 Å². The topological polar surface area (TPSA) is 32.7 Å². The summed E-state index contributed by atoms with van der Waals surface area (Å²) in [6.07, 6.45) is 10.7. The summed E-state index contributed by atoms with van der Waals surface area (Å²) < 4.78 is 5.73. The van der Waals surface area contributed by atoms with Gasteiger partial charge in [0.2, 0.25) is 0 Å². The van der Waals surface area contributed by atoms with E-state index in [9.17, 15) is 5.11 Å². The Morgan fingerprint density at radius 3 is 2.57 bits per heavy atom. The highest BCUT2D eigenvalue weighted by atomic mass is 35.5. The monoisotopic (exact) mass is 317 g/mol. The zero-order valence-corrected chi connectivity index (χ0v) is 14.0. The number of β-amino-alcohol motifs (C(OH)–C–C–N with tert-alkyl or cyclic N) is 1. The van der Waals surface area contributed by atoms with E-state index < -0.39 is 0 Å². The molecule has 1 saturated heterocycles. The van der Waals surface area contributed by atoms with Crippen LogP contribution in [0.4, 0.5) is 0 Å². The van der Waals surface area contributed by atoms with Gasteiger partial charge >= 0.3 is 0 Å². The maximum absolute atomic E-state index is 10.0. The molecule has 0 aromatic rings. The molecule has 3 nitrogen and oxygen atoms in total. The molecule has 3 rings (SSSR count). The Balaban J connectivity index is 0.00000161. The van der Waals surface area contributed by atoms with E-state index in [1.165, 1.54) is 51.4 Å². The second-order valence-corrected chi connectivity index (χ2v) is 7.31. The first-order valence-corrected chi connectivity index (χ1v) is 8.79. The number of aliphatic hydroxyl groups is 1. The molecule has 4 atom stereocenters. The molecule has 3 fully saturated rings. The van der Waals surface area contributed by atoms with Crippen molar-refractivity contribution in [3.05, 3.63) is 0 Å². The SMILES string of the molecule is Cl.OC(COCCC1CC2CCC1C2)CN1CCCCC1. The molecule has 21 heavy (non-hydrogen) atoms. The number of halogens is 1. The van der Waals surface area contributed by atoms with Crippen LogP contribution in [0.5, 0.6) is 0 Å². The Morgan fingerprint density at radius 2 is 1.90 bits per heavy atom. The molecule has 2 bridgehead atoms. The van der Waals surface area contributed by atoms with Gasteiger partial charge in [0, 0.05) is 13.2 Å². The molecule has 3 aliphatic rings. The van der Waals surface area contributed by atoms with Crippen LogP contribution in [0.1, 0.15) is 51.4 Å². The Morgan fingerprint density at radius 1 is 1.10 bits per heavy atom. The Labute approximate surface area is 135 Å². The minimum atomic E-state index is -0.298. The molecule has 0 spiro atoms. The van der Waals surface area contributed by atoms with Crippen molar-refractivity contribution in [2.24, 2.45) is 17.8 Å². The van der Waals surface area contributed by atoms with E-state index in [4.69, 9.17) is 4.74 Å². The molecule has 2 saturated carbocycles. The van der Waals surface area contributed by atoms with E-state index in [0.717, 1.165) is 44.0 Å². The summed E-state index contributed by atoms with van der Waals surface area (Å²) in [5.41, 5.74) is 0. The maximum Gasteiger partial charge on any atom is 0.0900 e. The second-order valence-electron chi connectivity index (χ2n) is 7.31. The van der Waals surface area contributed by atoms with Gasteiger partial charge in [0.05, 0.1) is 12.7 Å². The molecule has 124 valence electrons. The van der Waals surface area contributed by atoms with Crippen molar-refractivity contribution >= 4 is 12.4 Å². The average molecular weight is 318 g/mol. The van der Waals surface area contributed by atoms with Crippen LogP contribution in [0.25, 0.3) is 0 Å². The Hall–Kier alpha value is 0.170. The highest BCUT2D eigenvalue weighted by molar-refractivity contribution is 5.85. The molecular weight excluding hydrogens is 286 g/mol. The van der Waals surface area contributed by atoms with E-state index in [1.54, 1.807) is 0 Å².